The summed E-state index contributed by atoms with van der Waals surface area (Å²) in [6, 6.07) is 24.5. The van der Waals surface area contributed by atoms with Gasteiger partial charge in [0.1, 0.15) is 0 Å². The van der Waals surface area contributed by atoms with Crippen LogP contribution in [-0.2, 0) is 9.47 Å². The van der Waals surface area contributed by atoms with Crippen LogP contribution >= 0.6 is 0 Å². The summed E-state index contributed by atoms with van der Waals surface area (Å²) in [5.74, 6) is 0.179. The van der Waals surface area contributed by atoms with Gasteiger partial charge >= 0.3 is 0 Å². The molecule has 0 amide bonds. The Morgan fingerprint density at radius 1 is 0.688 bits per heavy atom. The van der Waals surface area contributed by atoms with Gasteiger partial charge in [0.15, 0.2) is 5.78 Å². The Bertz CT molecular complexity index is 1040. The molecule has 5 nitrogen and oxygen atoms in total. The molecule has 2 heterocycles. The van der Waals surface area contributed by atoms with Gasteiger partial charge in [0, 0.05) is 31.7 Å². The van der Waals surface area contributed by atoms with Gasteiger partial charge in [-0.25, -0.2) is 0 Å². The maximum Gasteiger partial charge on any atom is 0.181 e. The number of hydrogen-bond acceptors (Lipinski definition) is 5. The van der Waals surface area contributed by atoms with E-state index in [4.69, 9.17) is 9.47 Å². The molecule has 2 saturated heterocycles. The maximum absolute atomic E-state index is 14.2. The van der Waals surface area contributed by atoms with Crippen molar-refractivity contribution in [3.8, 4) is 0 Å². The summed E-state index contributed by atoms with van der Waals surface area (Å²) in [5.41, 5.74) is 1.95. The molecule has 2 atom stereocenters. The SMILES string of the molecule is O=C(c1ccc2ccccc2c1)[C@@H]([C@H](c1ccccc1)N1CCOCC1)N1CCOCC1. The minimum Gasteiger partial charge on any atom is -0.379 e. The van der Waals surface area contributed by atoms with Gasteiger partial charge in [-0.2, -0.15) is 0 Å². The van der Waals surface area contributed by atoms with Gasteiger partial charge in [-0.05, 0) is 22.4 Å². The second-order valence-electron chi connectivity index (χ2n) is 8.52. The number of benzene rings is 3. The summed E-state index contributed by atoms with van der Waals surface area (Å²) >= 11 is 0. The molecule has 2 aliphatic rings. The number of Topliss-reactive ketones (excluding diaryl/α,β-unsaturated/α-hetero) is 1. The topological polar surface area (TPSA) is 42.0 Å². The number of nitrogens with zero attached hydrogens (tertiary/aromatic N) is 2. The van der Waals surface area contributed by atoms with Crippen molar-refractivity contribution >= 4 is 16.6 Å². The molecule has 0 bridgehead atoms. The molecule has 32 heavy (non-hydrogen) atoms. The summed E-state index contributed by atoms with van der Waals surface area (Å²) in [5, 5.41) is 2.25. The first kappa shape index (κ1) is 21.3. The van der Waals surface area contributed by atoms with Gasteiger partial charge in [0.2, 0.25) is 0 Å². The lowest BCUT2D eigenvalue weighted by atomic mass is 9.89. The monoisotopic (exact) mass is 430 g/mol. The van der Waals surface area contributed by atoms with Crippen LogP contribution in [0.5, 0.6) is 0 Å². The van der Waals surface area contributed by atoms with Crippen LogP contribution in [0.1, 0.15) is 22.0 Å². The first-order valence-electron chi connectivity index (χ1n) is 11.5. The summed E-state index contributed by atoms with van der Waals surface area (Å²) in [4.78, 5) is 19.0. The van der Waals surface area contributed by atoms with E-state index in [1.807, 2.05) is 30.3 Å². The molecular formula is C27H30N2O3. The van der Waals surface area contributed by atoms with Crippen LogP contribution in [0.15, 0.2) is 72.8 Å². The van der Waals surface area contributed by atoms with E-state index in [0.29, 0.717) is 26.4 Å². The summed E-state index contributed by atoms with van der Waals surface area (Å²) in [6.45, 7) is 5.89. The van der Waals surface area contributed by atoms with Crippen LogP contribution in [0.3, 0.4) is 0 Å². The van der Waals surface area contributed by atoms with Crippen molar-refractivity contribution in [2.24, 2.45) is 0 Å². The molecule has 0 N–H and O–H groups in total. The number of hydrogen-bond donors (Lipinski definition) is 0. The van der Waals surface area contributed by atoms with E-state index in [0.717, 1.165) is 42.5 Å². The van der Waals surface area contributed by atoms with Crippen molar-refractivity contribution in [1.29, 1.82) is 0 Å². The Morgan fingerprint density at radius 2 is 1.28 bits per heavy atom. The highest BCUT2D eigenvalue weighted by atomic mass is 16.5. The maximum atomic E-state index is 14.2. The molecule has 5 rings (SSSR count). The van der Waals surface area contributed by atoms with Crippen LogP contribution in [-0.4, -0.2) is 74.2 Å². The lowest BCUT2D eigenvalue weighted by Gasteiger charge is -2.44. The van der Waals surface area contributed by atoms with Gasteiger partial charge in [-0.1, -0.05) is 66.7 Å². The highest BCUT2D eigenvalue weighted by Crippen LogP contribution is 2.32. The Balaban J connectivity index is 1.57. The molecule has 3 aromatic rings. The van der Waals surface area contributed by atoms with E-state index in [2.05, 4.69) is 52.3 Å². The minimum absolute atomic E-state index is 0.0304. The number of carbonyl (C=O) groups excluding carboxylic acids is 1. The van der Waals surface area contributed by atoms with Crippen molar-refractivity contribution < 1.29 is 14.3 Å². The standard InChI is InChI=1S/C27H30N2O3/c30-27(24-11-10-21-6-4-5-9-23(21)20-24)26(29-14-18-32-19-15-29)25(22-7-2-1-3-8-22)28-12-16-31-17-13-28/h1-11,20,25-26H,12-19H2/t25-,26+/m0/s1. The minimum atomic E-state index is -0.277. The molecule has 5 heteroatoms. The van der Waals surface area contributed by atoms with Crippen molar-refractivity contribution in [3.05, 3.63) is 83.9 Å². The first-order chi connectivity index (χ1) is 15.8. The molecule has 0 aliphatic carbocycles. The van der Waals surface area contributed by atoms with Crippen molar-refractivity contribution in [3.63, 3.8) is 0 Å². The van der Waals surface area contributed by atoms with Gasteiger partial charge in [0.25, 0.3) is 0 Å². The van der Waals surface area contributed by atoms with E-state index >= 15 is 0 Å². The van der Waals surface area contributed by atoms with E-state index < -0.39 is 0 Å². The molecule has 0 spiro atoms. The average Bonchev–Trinajstić information content (AvgIpc) is 2.88. The predicted molar refractivity (Wildman–Crippen MR) is 126 cm³/mol. The fourth-order valence-electron chi connectivity index (χ4n) is 4.98. The molecule has 2 aliphatic heterocycles. The summed E-state index contributed by atoms with van der Waals surface area (Å²) in [6.07, 6.45) is 0. The molecule has 2 fully saturated rings. The Hall–Kier alpha value is -2.57. The second-order valence-corrected chi connectivity index (χ2v) is 8.52. The Morgan fingerprint density at radius 3 is 1.97 bits per heavy atom. The Kier molecular flexibility index (Phi) is 6.60. The summed E-state index contributed by atoms with van der Waals surface area (Å²) < 4.78 is 11.3. The number of fused-ring (bicyclic) bond motifs is 1. The molecule has 3 aromatic carbocycles. The molecule has 0 radical (unpaired) electrons. The Labute approximate surface area is 189 Å². The first-order valence-corrected chi connectivity index (χ1v) is 11.5. The fourth-order valence-corrected chi connectivity index (χ4v) is 4.98. The molecule has 0 unspecified atom stereocenters. The number of morpholine rings is 2. The van der Waals surface area contributed by atoms with Crippen LogP contribution in [0.4, 0.5) is 0 Å². The van der Waals surface area contributed by atoms with Crippen LogP contribution in [0.25, 0.3) is 10.8 Å². The van der Waals surface area contributed by atoms with Gasteiger partial charge in [0.05, 0.1) is 38.5 Å². The molecule has 0 saturated carbocycles. The fraction of sp³-hybridized carbons (Fsp3) is 0.370. The normalized spacial score (nSPS) is 20.1. The van der Waals surface area contributed by atoms with Crippen molar-refractivity contribution in [1.82, 2.24) is 9.80 Å². The highest BCUT2D eigenvalue weighted by molar-refractivity contribution is 6.03. The molecular weight excluding hydrogens is 400 g/mol. The largest absolute Gasteiger partial charge is 0.379 e. The lowest BCUT2D eigenvalue weighted by molar-refractivity contribution is -0.0301. The highest BCUT2D eigenvalue weighted by Gasteiger charge is 2.39. The third-order valence-electron chi connectivity index (χ3n) is 6.62. The average molecular weight is 431 g/mol. The molecule has 0 aromatic heterocycles. The van der Waals surface area contributed by atoms with Crippen LogP contribution < -0.4 is 0 Å². The molecule has 166 valence electrons. The predicted octanol–water partition coefficient (Wildman–Crippen LogP) is 3.80. The quantitative estimate of drug-likeness (QED) is 0.557. The zero-order valence-electron chi connectivity index (χ0n) is 18.4. The van der Waals surface area contributed by atoms with E-state index in [1.165, 1.54) is 5.56 Å². The van der Waals surface area contributed by atoms with Crippen molar-refractivity contribution in [2.45, 2.75) is 12.1 Å². The number of ether oxygens (including phenoxy) is 2. The zero-order chi connectivity index (χ0) is 21.8. The van der Waals surface area contributed by atoms with Gasteiger partial charge in [-0.3, -0.25) is 14.6 Å². The van der Waals surface area contributed by atoms with Gasteiger partial charge in [-0.15, -0.1) is 0 Å². The van der Waals surface area contributed by atoms with Crippen LogP contribution in [0, 0.1) is 0 Å². The van der Waals surface area contributed by atoms with Crippen LogP contribution in [0.2, 0.25) is 0 Å². The van der Waals surface area contributed by atoms with E-state index in [-0.39, 0.29) is 17.9 Å². The number of rotatable bonds is 6. The summed E-state index contributed by atoms with van der Waals surface area (Å²) in [7, 11) is 0. The van der Waals surface area contributed by atoms with E-state index in [1.54, 1.807) is 0 Å². The second kappa shape index (κ2) is 9.92. The third-order valence-corrected chi connectivity index (χ3v) is 6.62. The third kappa shape index (κ3) is 4.48. The smallest absolute Gasteiger partial charge is 0.181 e. The number of ketones is 1. The number of carbonyl (C=O) groups is 1. The van der Waals surface area contributed by atoms with Crippen molar-refractivity contribution in [2.75, 3.05) is 52.6 Å². The van der Waals surface area contributed by atoms with Gasteiger partial charge < -0.3 is 9.47 Å². The zero-order valence-corrected chi connectivity index (χ0v) is 18.4. The lowest BCUT2D eigenvalue weighted by Crippen LogP contribution is -2.55. The van der Waals surface area contributed by atoms with E-state index in [9.17, 15) is 4.79 Å².